The van der Waals surface area contributed by atoms with Gasteiger partial charge in [-0.2, -0.15) is 5.10 Å². The van der Waals surface area contributed by atoms with Gasteiger partial charge in [0.1, 0.15) is 5.69 Å². The molecule has 100 valence electrons. The molecule has 0 aliphatic carbocycles. The summed E-state index contributed by atoms with van der Waals surface area (Å²) in [4.78, 5) is 4.45. The average molecular weight is 259 g/mol. The van der Waals surface area contributed by atoms with E-state index in [1.807, 2.05) is 32.0 Å². The zero-order valence-corrected chi connectivity index (χ0v) is 11.5. The topological polar surface area (TPSA) is 59.5 Å². The Morgan fingerprint density at radius 1 is 1.16 bits per heavy atom. The zero-order valence-electron chi connectivity index (χ0n) is 11.5. The van der Waals surface area contributed by atoms with Gasteiger partial charge in [0.2, 0.25) is 0 Å². The molecule has 0 saturated heterocycles. The van der Waals surface area contributed by atoms with Crippen LogP contribution in [0.2, 0.25) is 0 Å². The minimum Gasteiger partial charge on any atom is -0.493 e. The normalized spacial score (nSPS) is 10.9. The molecule has 0 aliphatic heterocycles. The number of hydrogen-bond acceptors (Lipinski definition) is 4. The number of H-pyrrole nitrogens is 1. The fourth-order valence-electron chi connectivity index (χ4n) is 1.81. The molecule has 1 aromatic carbocycles. The smallest absolute Gasteiger partial charge is 0.161 e. The molecule has 0 fully saturated rings. The highest BCUT2D eigenvalue weighted by atomic mass is 16.5. The van der Waals surface area contributed by atoms with Gasteiger partial charge in [0.15, 0.2) is 11.5 Å². The van der Waals surface area contributed by atoms with Crippen molar-refractivity contribution in [3.05, 3.63) is 35.2 Å². The summed E-state index contributed by atoms with van der Waals surface area (Å²) in [5.74, 6) is 1.39. The van der Waals surface area contributed by atoms with E-state index in [4.69, 9.17) is 9.47 Å². The fraction of sp³-hybridized carbons (Fsp3) is 0.286. The second-order valence-corrected chi connectivity index (χ2v) is 4.16. The number of aryl methyl sites for hydroxylation is 2. The van der Waals surface area contributed by atoms with Crippen molar-refractivity contribution in [2.24, 2.45) is 4.99 Å². The molecule has 0 bridgehead atoms. The summed E-state index contributed by atoms with van der Waals surface area (Å²) < 4.78 is 10.5. The number of ether oxygens (including phenoxy) is 2. The van der Waals surface area contributed by atoms with Crippen molar-refractivity contribution in [1.82, 2.24) is 10.2 Å². The maximum atomic E-state index is 5.26. The van der Waals surface area contributed by atoms with Crippen LogP contribution in [0.5, 0.6) is 11.5 Å². The third-order valence-electron chi connectivity index (χ3n) is 2.84. The lowest BCUT2D eigenvalue weighted by Gasteiger charge is -2.07. The second-order valence-electron chi connectivity index (χ2n) is 4.16. The highest BCUT2D eigenvalue weighted by Crippen LogP contribution is 2.27. The van der Waals surface area contributed by atoms with Crippen LogP contribution in [-0.4, -0.2) is 30.6 Å². The number of aliphatic imine (C=N–C) groups is 1. The van der Waals surface area contributed by atoms with Gasteiger partial charge >= 0.3 is 0 Å². The first-order valence-corrected chi connectivity index (χ1v) is 5.93. The average Bonchev–Trinajstić information content (AvgIpc) is 2.75. The summed E-state index contributed by atoms with van der Waals surface area (Å²) in [5, 5.41) is 7.01. The Morgan fingerprint density at radius 3 is 2.47 bits per heavy atom. The standard InChI is InChI=1S/C14H17N3O2/c1-9-14(10(2)17-16-9)15-8-11-5-6-12(18-3)13(7-11)19-4/h5-8H,1-4H3,(H,16,17). The van der Waals surface area contributed by atoms with Gasteiger partial charge in [-0.15, -0.1) is 0 Å². The zero-order chi connectivity index (χ0) is 13.8. The minimum atomic E-state index is 0.687. The first-order valence-electron chi connectivity index (χ1n) is 5.93. The van der Waals surface area contributed by atoms with Crippen LogP contribution >= 0.6 is 0 Å². The molecule has 5 heteroatoms. The number of hydrogen-bond donors (Lipinski definition) is 1. The third-order valence-corrected chi connectivity index (χ3v) is 2.84. The van der Waals surface area contributed by atoms with Gasteiger partial charge in [0.05, 0.1) is 25.6 Å². The predicted octanol–water partition coefficient (Wildman–Crippen LogP) is 2.79. The molecule has 2 aromatic rings. The molecule has 1 N–H and O–H groups in total. The number of methoxy groups -OCH3 is 2. The maximum absolute atomic E-state index is 5.26. The lowest BCUT2D eigenvalue weighted by atomic mass is 10.2. The molecular formula is C14H17N3O2. The molecule has 0 saturated carbocycles. The van der Waals surface area contributed by atoms with Crippen LogP contribution in [0.1, 0.15) is 17.0 Å². The number of nitrogens with zero attached hydrogens (tertiary/aromatic N) is 2. The van der Waals surface area contributed by atoms with Crippen molar-refractivity contribution in [3.8, 4) is 11.5 Å². The quantitative estimate of drug-likeness (QED) is 0.859. The Morgan fingerprint density at radius 2 is 1.89 bits per heavy atom. The molecule has 0 radical (unpaired) electrons. The molecular weight excluding hydrogens is 242 g/mol. The van der Waals surface area contributed by atoms with Gasteiger partial charge < -0.3 is 9.47 Å². The second kappa shape index (κ2) is 5.56. The molecule has 1 aromatic heterocycles. The van der Waals surface area contributed by atoms with Crippen LogP contribution in [0.4, 0.5) is 5.69 Å². The maximum Gasteiger partial charge on any atom is 0.161 e. The minimum absolute atomic E-state index is 0.687. The van der Waals surface area contributed by atoms with E-state index in [1.165, 1.54) is 0 Å². The summed E-state index contributed by atoms with van der Waals surface area (Å²) in [7, 11) is 3.23. The van der Waals surface area contributed by atoms with E-state index < -0.39 is 0 Å². The Bertz CT molecular complexity index is 583. The van der Waals surface area contributed by atoms with Crippen molar-refractivity contribution in [2.75, 3.05) is 14.2 Å². The Hall–Kier alpha value is -2.30. The summed E-state index contributed by atoms with van der Waals surface area (Å²) in [6.45, 7) is 3.87. The van der Waals surface area contributed by atoms with Crippen molar-refractivity contribution >= 4 is 11.9 Å². The van der Waals surface area contributed by atoms with E-state index in [-0.39, 0.29) is 0 Å². The highest BCUT2D eigenvalue weighted by Gasteiger charge is 2.05. The summed E-state index contributed by atoms with van der Waals surface area (Å²) in [6, 6.07) is 5.66. The van der Waals surface area contributed by atoms with Gasteiger partial charge in [0, 0.05) is 6.21 Å². The molecule has 1 heterocycles. The third kappa shape index (κ3) is 2.76. The van der Waals surface area contributed by atoms with E-state index >= 15 is 0 Å². The lowest BCUT2D eigenvalue weighted by Crippen LogP contribution is -1.92. The van der Waals surface area contributed by atoms with E-state index in [1.54, 1.807) is 20.4 Å². The summed E-state index contributed by atoms with van der Waals surface area (Å²) in [5.41, 5.74) is 3.65. The highest BCUT2D eigenvalue weighted by molar-refractivity contribution is 5.83. The molecule has 0 amide bonds. The van der Waals surface area contributed by atoms with Crippen molar-refractivity contribution in [1.29, 1.82) is 0 Å². The first kappa shape index (κ1) is 13.1. The fourth-order valence-corrected chi connectivity index (χ4v) is 1.81. The monoisotopic (exact) mass is 259 g/mol. The number of rotatable bonds is 4. The van der Waals surface area contributed by atoms with Crippen LogP contribution < -0.4 is 9.47 Å². The van der Waals surface area contributed by atoms with Crippen LogP contribution in [0.15, 0.2) is 23.2 Å². The van der Waals surface area contributed by atoms with Crippen molar-refractivity contribution < 1.29 is 9.47 Å². The lowest BCUT2D eigenvalue weighted by molar-refractivity contribution is 0.355. The number of aromatic nitrogens is 2. The largest absolute Gasteiger partial charge is 0.493 e. The SMILES string of the molecule is COc1ccc(C=Nc2c(C)n[nH]c2C)cc1OC. The molecule has 0 aliphatic rings. The summed E-state index contributed by atoms with van der Waals surface area (Å²) >= 11 is 0. The van der Waals surface area contributed by atoms with E-state index in [0.717, 1.165) is 22.6 Å². The summed E-state index contributed by atoms with van der Waals surface area (Å²) in [6.07, 6.45) is 1.78. The molecule has 0 atom stereocenters. The van der Waals surface area contributed by atoms with Gasteiger partial charge in [-0.3, -0.25) is 10.1 Å². The number of benzene rings is 1. The predicted molar refractivity (Wildman–Crippen MR) is 74.9 cm³/mol. The van der Waals surface area contributed by atoms with E-state index in [9.17, 15) is 0 Å². The van der Waals surface area contributed by atoms with Crippen LogP contribution in [-0.2, 0) is 0 Å². The van der Waals surface area contributed by atoms with E-state index in [2.05, 4.69) is 15.2 Å². The van der Waals surface area contributed by atoms with Crippen molar-refractivity contribution in [3.63, 3.8) is 0 Å². The first-order chi connectivity index (χ1) is 9.15. The molecule has 19 heavy (non-hydrogen) atoms. The Labute approximate surface area is 112 Å². The molecule has 5 nitrogen and oxygen atoms in total. The molecule has 0 unspecified atom stereocenters. The van der Waals surface area contributed by atoms with Gasteiger partial charge in [-0.25, -0.2) is 0 Å². The van der Waals surface area contributed by atoms with Crippen LogP contribution in [0.25, 0.3) is 0 Å². The molecule has 0 spiro atoms. The van der Waals surface area contributed by atoms with Crippen molar-refractivity contribution in [2.45, 2.75) is 13.8 Å². The van der Waals surface area contributed by atoms with Gasteiger partial charge in [-0.05, 0) is 37.6 Å². The van der Waals surface area contributed by atoms with E-state index in [0.29, 0.717) is 11.5 Å². The van der Waals surface area contributed by atoms with Gasteiger partial charge in [0.25, 0.3) is 0 Å². The number of aromatic amines is 1. The number of nitrogens with one attached hydrogen (secondary N) is 1. The molecule has 2 rings (SSSR count). The Kier molecular flexibility index (Phi) is 3.85. The van der Waals surface area contributed by atoms with Crippen LogP contribution in [0, 0.1) is 13.8 Å². The van der Waals surface area contributed by atoms with Gasteiger partial charge in [-0.1, -0.05) is 0 Å². The van der Waals surface area contributed by atoms with Crippen LogP contribution in [0.3, 0.4) is 0 Å². The Balaban J connectivity index is 2.29.